The van der Waals surface area contributed by atoms with Gasteiger partial charge in [0.15, 0.2) is 0 Å². The Morgan fingerprint density at radius 1 is 1.33 bits per heavy atom. The number of nitrogens with zero attached hydrogens (tertiary/aromatic N) is 1. The minimum absolute atomic E-state index is 0.0871. The first kappa shape index (κ1) is 19.8. The number of hydrogen-bond acceptors (Lipinski definition) is 3. The highest BCUT2D eigenvalue weighted by molar-refractivity contribution is 6.35. The minimum atomic E-state index is -0.541. The molecule has 2 aliphatic rings. The Kier molecular flexibility index (Phi) is 5.81. The highest BCUT2D eigenvalue weighted by Crippen LogP contribution is 2.27. The molecular weight excluding hydrogens is 391 g/mol. The number of carbonyl (C=O) groups excluding carboxylic acids is 3. The Morgan fingerprint density at radius 3 is 2.78 bits per heavy atom. The average Bonchev–Trinajstić information content (AvgIpc) is 3.00. The lowest BCUT2D eigenvalue weighted by atomic mass is 9.99. The summed E-state index contributed by atoms with van der Waals surface area (Å²) in [5.74, 6) is 0.0410. The van der Waals surface area contributed by atoms with E-state index in [1.807, 2.05) is 13.8 Å². The normalized spacial score (nSPS) is 24.6. The minimum Gasteiger partial charge on any atom is -0.342 e. The molecule has 1 aromatic rings. The molecule has 2 saturated heterocycles. The van der Waals surface area contributed by atoms with Crippen LogP contribution >= 0.6 is 23.2 Å². The van der Waals surface area contributed by atoms with Gasteiger partial charge in [-0.25, -0.2) is 4.79 Å². The van der Waals surface area contributed by atoms with Crippen LogP contribution in [-0.4, -0.2) is 47.4 Å². The molecule has 2 heterocycles. The Balaban J connectivity index is 1.62. The van der Waals surface area contributed by atoms with E-state index in [0.29, 0.717) is 41.0 Å². The molecule has 146 valence electrons. The fourth-order valence-electron chi connectivity index (χ4n) is 3.53. The lowest BCUT2D eigenvalue weighted by molar-refractivity contribution is -0.147. The fourth-order valence-corrected chi connectivity index (χ4v) is 3.87. The number of halogens is 2. The largest absolute Gasteiger partial charge is 0.342 e. The molecule has 7 nitrogen and oxygen atoms in total. The lowest BCUT2D eigenvalue weighted by Crippen LogP contribution is -2.61. The van der Waals surface area contributed by atoms with Crippen LogP contribution < -0.4 is 16.0 Å². The number of anilines is 1. The number of nitrogens with one attached hydrogen (secondary N) is 3. The molecule has 9 heteroatoms. The number of piperazine rings is 1. The number of rotatable bonds is 4. The number of urea groups is 1. The van der Waals surface area contributed by atoms with Gasteiger partial charge in [-0.15, -0.1) is 0 Å². The van der Waals surface area contributed by atoms with Crippen LogP contribution in [0.15, 0.2) is 18.2 Å². The Hall–Kier alpha value is -1.99. The van der Waals surface area contributed by atoms with Crippen LogP contribution in [-0.2, 0) is 9.59 Å². The fraction of sp³-hybridized carbons (Fsp3) is 0.500. The molecule has 3 N–H and O–H groups in total. The van der Waals surface area contributed by atoms with Crippen LogP contribution in [0.4, 0.5) is 10.5 Å². The van der Waals surface area contributed by atoms with E-state index in [0.717, 1.165) is 0 Å². The van der Waals surface area contributed by atoms with Gasteiger partial charge in [0, 0.05) is 11.6 Å². The number of carbonyl (C=O) groups is 3. The van der Waals surface area contributed by atoms with Gasteiger partial charge in [0.2, 0.25) is 11.8 Å². The zero-order valence-corrected chi connectivity index (χ0v) is 16.6. The topological polar surface area (TPSA) is 90.5 Å². The van der Waals surface area contributed by atoms with Crippen LogP contribution in [0.1, 0.15) is 26.7 Å². The smallest absolute Gasteiger partial charge is 0.319 e. The first-order valence-corrected chi connectivity index (χ1v) is 9.63. The lowest BCUT2D eigenvalue weighted by Gasteiger charge is -2.35. The van der Waals surface area contributed by atoms with Gasteiger partial charge < -0.3 is 20.9 Å². The number of benzene rings is 1. The predicted molar refractivity (Wildman–Crippen MR) is 104 cm³/mol. The SMILES string of the molecule is CC(C)C[C@H]1NC(=O)[C@@H]2C[C@H](NC(=O)Nc3cc(Cl)ccc3Cl)CN2C1=O. The maximum atomic E-state index is 12.6. The molecular formula is C18H22Cl2N4O3. The molecule has 0 unspecified atom stereocenters. The summed E-state index contributed by atoms with van der Waals surface area (Å²) in [6, 6.07) is 2.95. The summed E-state index contributed by atoms with van der Waals surface area (Å²) >= 11 is 12.0. The molecule has 27 heavy (non-hydrogen) atoms. The van der Waals surface area contributed by atoms with Crippen molar-refractivity contribution in [3.8, 4) is 0 Å². The first-order chi connectivity index (χ1) is 12.7. The van der Waals surface area contributed by atoms with Crippen molar-refractivity contribution in [3.63, 3.8) is 0 Å². The molecule has 0 aromatic heterocycles. The Morgan fingerprint density at radius 2 is 2.07 bits per heavy atom. The van der Waals surface area contributed by atoms with Gasteiger partial charge in [0.05, 0.1) is 16.8 Å². The van der Waals surface area contributed by atoms with E-state index in [1.54, 1.807) is 23.1 Å². The second-order valence-corrected chi connectivity index (χ2v) is 8.20. The summed E-state index contributed by atoms with van der Waals surface area (Å²) in [4.78, 5) is 38.9. The van der Waals surface area contributed by atoms with Gasteiger partial charge in [-0.1, -0.05) is 37.0 Å². The number of fused-ring (bicyclic) bond motifs is 1. The molecule has 0 spiro atoms. The van der Waals surface area contributed by atoms with E-state index >= 15 is 0 Å². The zero-order valence-electron chi connectivity index (χ0n) is 15.1. The monoisotopic (exact) mass is 412 g/mol. The molecule has 2 fully saturated rings. The van der Waals surface area contributed by atoms with E-state index < -0.39 is 18.1 Å². The summed E-state index contributed by atoms with van der Waals surface area (Å²) in [5, 5.41) is 9.07. The second-order valence-electron chi connectivity index (χ2n) is 7.35. The number of amides is 4. The van der Waals surface area contributed by atoms with Crippen molar-refractivity contribution >= 4 is 46.7 Å². The second kappa shape index (κ2) is 7.94. The summed E-state index contributed by atoms with van der Waals surface area (Å²) in [7, 11) is 0. The van der Waals surface area contributed by atoms with Gasteiger partial charge in [-0.05, 0) is 37.0 Å². The van der Waals surface area contributed by atoms with E-state index in [4.69, 9.17) is 23.2 Å². The van der Waals surface area contributed by atoms with Gasteiger partial charge in [0.1, 0.15) is 12.1 Å². The van der Waals surface area contributed by atoms with Crippen molar-refractivity contribution in [2.24, 2.45) is 5.92 Å². The van der Waals surface area contributed by atoms with Crippen LogP contribution in [0.25, 0.3) is 0 Å². The van der Waals surface area contributed by atoms with Gasteiger partial charge in [-0.2, -0.15) is 0 Å². The van der Waals surface area contributed by atoms with Gasteiger partial charge in [-0.3, -0.25) is 9.59 Å². The van der Waals surface area contributed by atoms with Crippen molar-refractivity contribution in [2.45, 2.75) is 44.8 Å². The van der Waals surface area contributed by atoms with Crippen molar-refractivity contribution in [3.05, 3.63) is 28.2 Å². The van der Waals surface area contributed by atoms with Gasteiger partial charge >= 0.3 is 6.03 Å². The summed E-state index contributed by atoms with van der Waals surface area (Å²) in [5.41, 5.74) is 0.392. The predicted octanol–water partition coefficient (Wildman–Crippen LogP) is 2.63. The van der Waals surface area contributed by atoms with Crippen molar-refractivity contribution in [1.29, 1.82) is 0 Å². The maximum absolute atomic E-state index is 12.6. The van der Waals surface area contributed by atoms with Crippen LogP contribution in [0.3, 0.4) is 0 Å². The highest BCUT2D eigenvalue weighted by Gasteiger charge is 2.46. The molecule has 2 aliphatic heterocycles. The van der Waals surface area contributed by atoms with E-state index in [2.05, 4.69) is 16.0 Å². The molecule has 0 aliphatic carbocycles. The summed E-state index contributed by atoms with van der Waals surface area (Å²) in [6.45, 7) is 4.32. The average molecular weight is 413 g/mol. The molecule has 0 bridgehead atoms. The third-order valence-electron chi connectivity index (χ3n) is 4.72. The molecule has 1 aromatic carbocycles. The van der Waals surface area contributed by atoms with Gasteiger partial charge in [0.25, 0.3) is 0 Å². The third-order valence-corrected chi connectivity index (χ3v) is 5.29. The quantitative estimate of drug-likeness (QED) is 0.709. The van der Waals surface area contributed by atoms with Crippen molar-refractivity contribution < 1.29 is 14.4 Å². The highest BCUT2D eigenvalue weighted by atomic mass is 35.5. The molecule has 0 saturated carbocycles. The van der Waals surface area contributed by atoms with Crippen LogP contribution in [0.2, 0.25) is 10.0 Å². The third kappa shape index (κ3) is 4.47. The summed E-state index contributed by atoms with van der Waals surface area (Å²) < 4.78 is 0. The Labute approximate surface area is 167 Å². The van der Waals surface area contributed by atoms with Crippen molar-refractivity contribution in [1.82, 2.24) is 15.5 Å². The van der Waals surface area contributed by atoms with Crippen LogP contribution in [0.5, 0.6) is 0 Å². The zero-order chi connectivity index (χ0) is 19.7. The van der Waals surface area contributed by atoms with Crippen LogP contribution in [0, 0.1) is 5.92 Å². The maximum Gasteiger partial charge on any atom is 0.319 e. The van der Waals surface area contributed by atoms with E-state index in [9.17, 15) is 14.4 Å². The molecule has 4 amide bonds. The first-order valence-electron chi connectivity index (χ1n) is 8.88. The summed E-state index contributed by atoms with van der Waals surface area (Å²) in [6.07, 6.45) is 0.975. The van der Waals surface area contributed by atoms with E-state index in [-0.39, 0.29) is 17.9 Å². The Bertz CT molecular complexity index is 771. The standard InChI is InChI=1S/C18H22Cl2N4O3/c1-9(2)5-14-17(26)24-8-11(7-15(24)16(25)22-14)21-18(27)23-13-6-10(19)3-4-12(13)20/h3-4,6,9,11,14-15H,5,7-8H2,1-2H3,(H,22,25)(H2,21,23,27)/t11-,14+,15-/m0/s1. The van der Waals surface area contributed by atoms with Crippen molar-refractivity contribution in [2.75, 3.05) is 11.9 Å². The molecule has 0 radical (unpaired) electrons. The van der Waals surface area contributed by atoms with E-state index in [1.165, 1.54) is 0 Å². The number of hydrogen-bond donors (Lipinski definition) is 3. The molecule has 3 rings (SSSR count). The molecule has 3 atom stereocenters.